The number of rotatable bonds is 3. The number of isocyanates is 1. The Balaban J connectivity index is 1.99. The van der Waals surface area contributed by atoms with Crippen molar-refractivity contribution in [1.82, 2.24) is 9.78 Å². The number of hydrogen-bond donors (Lipinski definition) is 0. The molecule has 0 amide bonds. The van der Waals surface area contributed by atoms with Crippen LogP contribution in [-0.2, 0) is 11.3 Å². The number of aliphatic imine (C=N–C) groups is 1. The zero-order valence-corrected chi connectivity index (χ0v) is 10.2. The maximum atomic E-state index is 10.2. The first-order valence-electron chi connectivity index (χ1n) is 5.94. The molecule has 4 heteroatoms. The van der Waals surface area contributed by atoms with Crippen molar-refractivity contribution in [3.05, 3.63) is 60.3 Å². The lowest BCUT2D eigenvalue weighted by Crippen LogP contribution is -2.00. The molecule has 0 spiro atoms. The SMILES string of the molecule is O=C=Nc1ccc2c(cnn2Cc2ccccc2)c1. The van der Waals surface area contributed by atoms with Gasteiger partial charge >= 0.3 is 0 Å². The minimum atomic E-state index is 0.599. The fourth-order valence-electron chi connectivity index (χ4n) is 2.08. The summed E-state index contributed by atoms with van der Waals surface area (Å²) >= 11 is 0. The van der Waals surface area contributed by atoms with E-state index in [0.29, 0.717) is 5.69 Å². The lowest BCUT2D eigenvalue weighted by molar-refractivity contribution is 0.565. The summed E-state index contributed by atoms with van der Waals surface area (Å²) in [5.41, 5.74) is 2.82. The zero-order chi connectivity index (χ0) is 13.1. The van der Waals surface area contributed by atoms with E-state index in [1.165, 1.54) is 5.56 Å². The lowest BCUT2D eigenvalue weighted by Gasteiger charge is -2.03. The molecule has 0 aliphatic carbocycles. The van der Waals surface area contributed by atoms with Gasteiger partial charge < -0.3 is 0 Å². The topological polar surface area (TPSA) is 47.2 Å². The monoisotopic (exact) mass is 249 g/mol. The summed E-state index contributed by atoms with van der Waals surface area (Å²) in [6, 6.07) is 15.7. The van der Waals surface area contributed by atoms with E-state index in [4.69, 9.17) is 0 Å². The van der Waals surface area contributed by atoms with Crippen LogP contribution in [0.4, 0.5) is 5.69 Å². The molecule has 2 aromatic carbocycles. The molecule has 0 aliphatic heterocycles. The van der Waals surface area contributed by atoms with Gasteiger partial charge in [0.1, 0.15) is 0 Å². The Morgan fingerprint density at radius 1 is 1.16 bits per heavy atom. The van der Waals surface area contributed by atoms with Crippen LogP contribution in [0.5, 0.6) is 0 Å². The average Bonchev–Trinajstić information content (AvgIpc) is 2.83. The van der Waals surface area contributed by atoms with Gasteiger partial charge in [-0.2, -0.15) is 10.1 Å². The smallest absolute Gasteiger partial charge is 0.240 e. The van der Waals surface area contributed by atoms with Crippen molar-refractivity contribution in [2.24, 2.45) is 4.99 Å². The van der Waals surface area contributed by atoms with Crippen LogP contribution in [0.3, 0.4) is 0 Å². The van der Waals surface area contributed by atoms with Crippen molar-refractivity contribution in [2.45, 2.75) is 6.54 Å². The first-order valence-corrected chi connectivity index (χ1v) is 5.94. The Hall–Kier alpha value is -2.71. The quantitative estimate of drug-likeness (QED) is 0.529. The van der Waals surface area contributed by atoms with E-state index in [1.54, 1.807) is 18.3 Å². The third kappa shape index (κ3) is 2.30. The third-order valence-corrected chi connectivity index (χ3v) is 2.98. The van der Waals surface area contributed by atoms with Crippen molar-refractivity contribution >= 4 is 22.7 Å². The molecule has 0 aliphatic rings. The van der Waals surface area contributed by atoms with Gasteiger partial charge in [0.15, 0.2) is 0 Å². The summed E-state index contributed by atoms with van der Waals surface area (Å²) in [6.07, 6.45) is 3.32. The number of hydrogen-bond acceptors (Lipinski definition) is 3. The largest absolute Gasteiger partial charge is 0.260 e. The highest BCUT2D eigenvalue weighted by molar-refractivity contribution is 5.82. The molecule has 3 rings (SSSR count). The molecule has 0 bridgehead atoms. The summed E-state index contributed by atoms with van der Waals surface area (Å²) in [6.45, 7) is 0.723. The standard InChI is InChI=1S/C15H11N3O/c19-11-16-14-6-7-15-13(8-14)9-17-18(15)10-12-4-2-1-3-5-12/h1-9H,10H2. The Bertz CT molecular complexity index is 755. The highest BCUT2D eigenvalue weighted by Gasteiger charge is 2.04. The van der Waals surface area contributed by atoms with Gasteiger partial charge in [0.2, 0.25) is 6.08 Å². The summed E-state index contributed by atoms with van der Waals surface area (Å²) in [5.74, 6) is 0. The van der Waals surface area contributed by atoms with Crippen LogP contribution in [0.25, 0.3) is 10.9 Å². The van der Waals surface area contributed by atoms with Crippen molar-refractivity contribution in [3.63, 3.8) is 0 Å². The maximum Gasteiger partial charge on any atom is 0.240 e. The normalized spacial score (nSPS) is 10.3. The molecule has 1 aromatic heterocycles. The average molecular weight is 249 g/mol. The second-order valence-corrected chi connectivity index (χ2v) is 4.23. The Morgan fingerprint density at radius 2 is 2.00 bits per heavy atom. The van der Waals surface area contributed by atoms with E-state index in [0.717, 1.165) is 17.4 Å². The number of carbonyl (C=O) groups excluding carboxylic acids is 1. The number of benzene rings is 2. The summed E-state index contributed by atoms with van der Waals surface area (Å²) in [5, 5.41) is 5.33. The van der Waals surface area contributed by atoms with Gasteiger partial charge in [-0.3, -0.25) is 4.68 Å². The number of aromatic nitrogens is 2. The Morgan fingerprint density at radius 3 is 2.79 bits per heavy atom. The van der Waals surface area contributed by atoms with Gasteiger partial charge in [0.25, 0.3) is 0 Å². The molecule has 92 valence electrons. The highest BCUT2D eigenvalue weighted by atomic mass is 16.1. The molecule has 0 fully saturated rings. The molecule has 0 unspecified atom stereocenters. The minimum absolute atomic E-state index is 0.599. The van der Waals surface area contributed by atoms with Crippen LogP contribution < -0.4 is 0 Å². The molecule has 0 saturated heterocycles. The molecule has 0 radical (unpaired) electrons. The molecule has 0 N–H and O–H groups in total. The predicted octanol–water partition coefficient (Wildman–Crippen LogP) is 3.05. The molecule has 4 nitrogen and oxygen atoms in total. The third-order valence-electron chi connectivity index (χ3n) is 2.98. The summed E-state index contributed by atoms with van der Waals surface area (Å²) in [4.78, 5) is 13.9. The second-order valence-electron chi connectivity index (χ2n) is 4.23. The zero-order valence-electron chi connectivity index (χ0n) is 10.2. The molecule has 3 aromatic rings. The van der Waals surface area contributed by atoms with Crippen molar-refractivity contribution in [1.29, 1.82) is 0 Å². The van der Waals surface area contributed by atoms with E-state index in [9.17, 15) is 4.79 Å². The van der Waals surface area contributed by atoms with Crippen LogP contribution in [0.2, 0.25) is 0 Å². The van der Waals surface area contributed by atoms with Crippen LogP contribution in [0.1, 0.15) is 5.56 Å². The Labute approximate surface area is 110 Å². The first kappa shape index (κ1) is 11.4. The van der Waals surface area contributed by atoms with E-state index < -0.39 is 0 Å². The molecule has 19 heavy (non-hydrogen) atoms. The van der Waals surface area contributed by atoms with Gasteiger partial charge in [-0.05, 0) is 23.8 Å². The van der Waals surface area contributed by atoms with Gasteiger partial charge in [0.05, 0.1) is 23.9 Å². The van der Waals surface area contributed by atoms with E-state index >= 15 is 0 Å². The number of fused-ring (bicyclic) bond motifs is 1. The molecule has 0 saturated carbocycles. The molecule has 0 atom stereocenters. The van der Waals surface area contributed by atoms with Crippen molar-refractivity contribution in [2.75, 3.05) is 0 Å². The number of nitrogens with zero attached hydrogens (tertiary/aromatic N) is 3. The molecular formula is C15H11N3O. The predicted molar refractivity (Wildman–Crippen MR) is 73.1 cm³/mol. The van der Waals surface area contributed by atoms with Crippen LogP contribution in [-0.4, -0.2) is 15.9 Å². The van der Waals surface area contributed by atoms with Gasteiger partial charge in [0, 0.05) is 5.39 Å². The van der Waals surface area contributed by atoms with Gasteiger partial charge in [-0.25, -0.2) is 4.79 Å². The fraction of sp³-hybridized carbons (Fsp3) is 0.0667. The van der Waals surface area contributed by atoms with E-state index in [2.05, 4.69) is 22.2 Å². The molecule has 1 heterocycles. The molecular weight excluding hydrogens is 238 g/mol. The van der Waals surface area contributed by atoms with Gasteiger partial charge in [-0.15, -0.1) is 0 Å². The second kappa shape index (κ2) is 4.88. The van der Waals surface area contributed by atoms with Crippen molar-refractivity contribution < 1.29 is 4.79 Å². The van der Waals surface area contributed by atoms with E-state index in [1.807, 2.05) is 35.0 Å². The summed E-state index contributed by atoms with van der Waals surface area (Å²) in [7, 11) is 0. The van der Waals surface area contributed by atoms with E-state index in [-0.39, 0.29) is 0 Å². The fourth-order valence-corrected chi connectivity index (χ4v) is 2.08. The van der Waals surface area contributed by atoms with Crippen LogP contribution in [0, 0.1) is 0 Å². The Kier molecular flexibility index (Phi) is 2.93. The van der Waals surface area contributed by atoms with Crippen LogP contribution in [0.15, 0.2) is 59.7 Å². The summed E-state index contributed by atoms with van der Waals surface area (Å²) < 4.78 is 1.93. The minimum Gasteiger partial charge on any atom is -0.260 e. The van der Waals surface area contributed by atoms with Crippen LogP contribution >= 0.6 is 0 Å². The maximum absolute atomic E-state index is 10.2. The first-order chi connectivity index (χ1) is 9.36. The van der Waals surface area contributed by atoms with Gasteiger partial charge in [-0.1, -0.05) is 30.3 Å². The highest BCUT2D eigenvalue weighted by Crippen LogP contribution is 2.21. The van der Waals surface area contributed by atoms with Crippen molar-refractivity contribution in [3.8, 4) is 0 Å². The lowest BCUT2D eigenvalue weighted by atomic mass is 10.2.